The molecule has 0 aliphatic rings. The first-order valence-electron chi connectivity index (χ1n) is 6.13. The minimum atomic E-state index is 0.216. The number of anilines is 2. The minimum absolute atomic E-state index is 0.216. The number of hydrogen-bond donors (Lipinski definition) is 3. The highest BCUT2D eigenvalue weighted by atomic mass is 16.5. The van der Waals surface area contributed by atoms with Crippen LogP contribution in [0.15, 0.2) is 12.4 Å². The number of H-pyrrole nitrogens is 1. The summed E-state index contributed by atoms with van der Waals surface area (Å²) in [6, 6.07) is 0. The summed E-state index contributed by atoms with van der Waals surface area (Å²) in [7, 11) is 0. The summed E-state index contributed by atoms with van der Waals surface area (Å²) in [6.07, 6.45) is 5.30. The van der Waals surface area contributed by atoms with Gasteiger partial charge in [0.15, 0.2) is 11.6 Å². The molecule has 8 heteroatoms. The van der Waals surface area contributed by atoms with Crippen LogP contribution in [0.3, 0.4) is 0 Å². The van der Waals surface area contributed by atoms with Crippen molar-refractivity contribution < 1.29 is 4.74 Å². The van der Waals surface area contributed by atoms with Crippen LogP contribution in [-0.4, -0.2) is 31.9 Å². The predicted octanol–water partition coefficient (Wildman–Crippen LogP) is 0.968. The Bertz CT molecular complexity index is 500. The summed E-state index contributed by atoms with van der Waals surface area (Å²) in [4.78, 5) is 8.06. The molecular weight excluding hydrogens is 246 g/mol. The van der Waals surface area contributed by atoms with Crippen LogP contribution in [0, 0.1) is 0 Å². The lowest BCUT2D eigenvalue weighted by molar-refractivity contribution is 0.300. The van der Waals surface area contributed by atoms with Crippen molar-refractivity contribution in [1.82, 2.24) is 25.4 Å². The second-order valence-corrected chi connectivity index (χ2v) is 3.97. The molecule has 0 amide bonds. The summed E-state index contributed by atoms with van der Waals surface area (Å²) in [5, 5.41) is 13.3. The van der Waals surface area contributed by atoms with Gasteiger partial charge in [-0.15, -0.1) is 0 Å². The van der Waals surface area contributed by atoms with E-state index in [1.807, 2.05) is 0 Å². The molecule has 2 aromatic rings. The molecule has 0 spiro atoms. The molecular formula is C11H17N7O. The maximum atomic E-state index is 5.60. The zero-order chi connectivity index (χ0) is 13.5. The van der Waals surface area contributed by atoms with Crippen LogP contribution < -0.4 is 15.8 Å². The molecule has 2 heterocycles. The molecule has 0 aliphatic carbocycles. The third-order valence-corrected chi connectivity index (χ3v) is 2.44. The maximum Gasteiger partial charge on any atom is 0.222 e. The number of rotatable bonds is 7. The van der Waals surface area contributed by atoms with E-state index in [-0.39, 0.29) is 5.95 Å². The molecule has 4 N–H and O–H groups in total. The molecule has 0 saturated heterocycles. The zero-order valence-electron chi connectivity index (χ0n) is 10.8. The Balaban J connectivity index is 2.01. The first-order valence-corrected chi connectivity index (χ1v) is 6.13. The van der Waals surface area contributed by atoms with Crippen LogP contribution >= 0.6 is 0 Å². The monoisotopic (exact) mass is 263 g/mol. The van der Waals surface area contributed by atoms with Crippen molar-refractivity contribution in [3.05, 3.63) is 18.1 Å². The molecule has 0 atom stereocenters. The van der Waals surface area contributed by atoms with Crippen molar-refractivity contribution >= 4 is 11.8 Å². The molecule has 0 bridgehead atoms. The standard InChI is InChI=1S/C11H17N7O/c1-2-3-4-13-10-9(6-14-11(12)16-10)19-7-8-5-15-18-17-8/h5-6H,2-4,7H2,1H3,(H,15,17,18)(H3,12,13,14,16). The highest BCUT2D eigenvalue weighted by molar-refractivity contribution is 5.51. The van der Waals surface area contributed by atoms with E-state index in [1.54, 1.807) is 12.4 Å². The van der Waals surface area contributed by atoms with Gasteiger partial charge in [0, 0.05) is 6.54 Å². The van der Waals surface area contributed by atoms with Crippen molar-refractivity contribution in [1.29, 1.82) is 0 Å². The number of hydrogen-bond acceptors (Lipinski definition) is 7. The van der Waals surface area contributed by atoms with Gasteiger partial charge in [-0.2, -0.15) is 20.4 Å². The van der Waals surface area contributed by atoms with Crippen LogP contribution in [-0.2, 0) is 6.61 Å². The first-order chi connectivity index (χ1) is 9.29. The molecule has 2 rings (SSSR count). The Morgan fingerprint density at radius 3 is 3.05 bits per heavy atom. The molecule has 0 aliphatic heterocycles. The van der Waals surface area contributed by atoms with E-state index in [1.165, 1.54) is 0 Å². The quantitative estimate of drug-likeness (QED) is 0.637. The SMILES string of the molecule is CCCCNc1nc(N)ncc1OCc1cn[nH]n1. The third kappa shape index (κ3) is 3.80. The van der Waals surface area contributed by atoms with Crippen molar-refractivity contribution in [2.75, 3.05) is 17.6 Å². The maximum absolute atomic E-state index is 5.60. The van der Waals surface area contributed by atoms with Gasteiger partial charge < -0.3 is 15.8 Å². The highest BCUT2D eigenvalue weighted by Gasteiger charge is 2.08. The van der Waals surface area contributed by atoms with Crippen molar-refractivity contribution in [3.63, 3.8) is 0 Å². The molecule has 0 radical (unpaired) electrons. The zero-order valence-corrected chi connectivity index (χ0v) is 10.8. The number of nitrogens with two attached hydrogens (primary N) is 1. The number of unbranched alkanes of at least 4 members (excludes halogenated alkanes) is 1. The molecule has 0 fully saturated rings. The summed E-state index contributed by atoms with van der Waals surface area (Å²) < 4.78 is 5.60. The number of aromatic amines is 1. The molecule has 0 saturated carbocycles. The number of aromatic nitrogens is 5. The van der Waals surface area contributed by atoms with E-state index in [2.05, 4.69) is 37.6 Å². The van der Waals surface area contributed by atoms with Crippen LogP contribution in [0.4, 0.5) is 11.8 Å². The molecule has 2 aromatic heterocycles. The predicted molar refractivity (Wildman–Crippen MR) is 70.6 cm³/mol. The Labute approximate surface area is 110 Å². The van der Waals surface area contributed by atoms with E-state index < -0.39 is 0 Å². The molecule has 0 aromatic carbocycles. The molecule has 8 nitrogen and oxygen atoms in total. The number of ether oxygens (including phenoxy) is 1. The van der Waals surface area contributed by atoms with Crippen LogP contribution in [0.1, 0.15) is 25.5 Å². The first kappa shape index (κ1) is 13.1. The fraction of sp³-hybridized carbons (Fsp3) is 0.455. The average Bonchev–Trinajstić information content (AvgIpc) is 2.91. The Morgan fingerprint density at radius 2 is 2.32 bits per heavy atom. The van der Waals surface area contributed by atoms with E-state index in [0.717, 1.165) is 19.4 Å². The Kier molecular flexibility index (Phi) is 4.49. The smallest absolute Gasteiger partial charge is 0.222 e. The van der Waals surface area contributed by atoms with E-state index in [4.69, 9.17) is 10.5 Å². The highest BCUT2D eigenvalue weighted by Crippen LogP contribution is 2.22. The van der Waals surface area contributed by atoms with E-state index >= 15 is 0 Å². The van der Waals surface area contributed by atoms with Gasteiger partial charge in [-0.05, 0) is 6.42 Å². The van der Waals surface area contributed by atoms with Gasteiger partial charge >= 0.3 is 0 Å². The van der Waals surface area contributed by atoms with Gasteiger partial charge in [0.1, 0.15) is 12.3 Å². The Hall–Kier alpha value is -2.38. The normalized spacial score (nSPS) is 10.4. The lowest BCUT2D eigenvalue weighted by Gasteiger charge is -2.11. The minimum Gasteiger partial charge on any atom is -0.482 e. The lowest BCUT2D eigenvalue weighted by Crippen LogP contribution is -2.08. The van der Waals surface area contributed by atoms with Crippen LogP contribution in [0.2, 0.25) is 0 Å². The van der Waals surface area contributed by atoms with Crippen molar-refractivity contribution in [2.45, 2.75) is 26.4 Å². The van der Waals surface area contributed by atoms with Crippen LogP contribution in [0.25, 0.3) is 0 Å². The molecule has 0 unspecified atom stereocenters. The van der Waals surface area contributed by atoms with Gasteiger partial charge in [-0.25, -0.2) is 4.98 Å². The molecule has 19 heavy (non-hydrogen) atoms. The summed E-state index contributed by atoms with van der Waals surface area (Å²) in [6.45, 7) is 3.23. The summed E-state index contributed by atoms with van der Waals surface area (Å²) >= 11 is 0. The largest absolute Gasteiger partial charge is 0.482 e. The Morgan fingerprint density at radius 1 is 1.42 bits per heavy atom. The number of nitrogen functional groups attached to an aromatic ring is 1. The third-order valence-electron chi connectivity index (χ3n) is 2.44. The van der Waals surface area contributed by atoms with Crippen molar-refractivity contribution in [3.8, 4) is 5.75 Å². The number of nitrogens with zero attached hydrogens (tertiary/aromatic N) is 4. The second-order valence-electron chi connectivity index (χ2n) is 3.97. The number of nitrogens with one attached hydrogen (secondary N) is 2. The lowest BCUT2D eigenvalue weighted by atomic mass is 10.3. The van der Waals surface area contributed by atoms with Gasteiger partial charge in [-0.1, -0.05) is 13.3 Å². The van der Waals surface area contributed by atoms with Gasteiger partial charge in [-0.3, -0.25) is 0 Å². The van der Waals surface area contributed by atoms with E-state index in [0.29, 0.717) is 23.9 Å². The summed E-state index contributed by atoms with van der Waals surface area (Å²) in [5.74, 6) is 1.37. The topological polar surface area (TPSA) is 115 Å². The fourth-order valence-electron chi connectivity index (χ4n) is 1.45. The second kappa shape index (κ2) is 6.53. The van der Waals surface area contributed by atoms with Crippen molar-refractivity contribution in [2.24, 2.45) is 0 Å². The van der Waals surface area contributed by atoms with Gasteiger partial charge in [0.05, 0.1) is 12.4 Å². The molecule has 102 valence electrons. The van der Waals surface area contributed by atoms with Gasteiger partial charge in [0.25, 0.3) is 0 Å². The van der Waals surface area contributed by atoms with E-state index in [9.17, 15) is 0 Å². The fourth-order valence-corrected chi connectivity index (χ4v) is 1.45. The van der Waals surface area contributed by atoms with Gasteiger partial charge in [0.2, 0.25) is 5.95 Å². The van der Waals surface area contributed by atoms with Crippen LogP contribution in [0.5, 0.6) is 5.75 Å². The average molecular weight is 263 g/mol. The summed E-state index contributed by atoms with van der Waals surface area (Å²) in [5.41, 5.74) is 6.28.